The molecule has 3 saturated heterocycles. The number of aliphatic hydroxyl groups is 11. The summed E-state index contributed by atoms with van der Waals surface area (Å²) in [6, 6.07) is -0.967. The normalized spacial score (nSPS) is 28.4. The fourth-order valence-electron chi connectivity index (χ4n) is 12.5. The molecular formula is C69H131NO18. The Morgan fingerprint density at radius 3 is 1.07 bits per heavy atom. The third kappa shape index (κ3) is 33.6. The fourth-order valence-corrected chi connectivity index (χ4v) is 12.5. The van der Waals surface area contributed by atoms with Gasteiger partial charge in [-0.3, -0.25) is 4.79 Å². The second kappa shape index (κ2) is 51.9. The molecule has 3 aliphatic rings. The molecule has 88 heavy (non-hydrogen) atoms. The maximum atomic E-state index is 13.3. The number of unbranched alkanes of at least 4 members (excludes halogenated alkanes) is 40. The molecule has 3 heterocycles. The van der Waals surface area contributed by atoms with E-state index in [1.807, 2.05) is 6.08 Å². The largest absolute Gasteiger partial charge is 0.394 e. The van der Waals surface area contributed by atoms with E-state index >= 15 is 0 Å². The van der Waals surface area contributed by atoms with E-state index in [1.165, 1.54) is 218 Å². The summed E-state index contributed by atoms with van der Waals surface area (Å²) in [5.74, 6) is -0.274. The second-order valence-corrected chi connectivity index (χ2v) is 26.1. The molecule has 1 amide bonds. The number of amides is 1. The molecule has 3 fully saturated rings. The molecular weight excluding hydrogens is 1130 g/mol. The Morgan fingerprint density at radius 1 is 0.398 bits per heavy atom. The topological polar surface area (TPSA) is 307 Å². The standard InChI is InChI=1S/C69H131NO18/c1-3-5-7-9-11-13-15-16-17-18-19-20-21-22-23-24-25-26-27-28-29-30-31-32-33-34-35-36-37-38-40-42-44-46-53(74)52(70-57(75)47-45-43-41-39-14-12-10-8-6-4-2)51-83-67-63(81)60(78)65(55(49-72)85-67)88-69-64(82)61(79)66(56(50-73)86-69)87-68-62(80)59(77)58(76)54(48-71)84-68/h44,46,52-56,58-69,71-74,76-82H,3-43,45,47-51H2,1-2H3,(H,70,75)/b46-44+. The highest BCUT2D eigenvalue weighted by Gasteiger charge is 2.53. The molecule has 3 aliphatic heterocycles. The van der Waals surface area contributed by atoms with Gasteiger partial charge in [-0.15, -0.1) is 0 Å². The number of hydrogen-bond acceptors (Lipinski definition) is 18. The van der Waals surface area contributed by atoms with Crippen LogP contribution < -0.4 is 5.32 Å². The van der Waals surface area contributed by atoms with Crippen LogP contribution in [0.2, 0.25) is 0 Å². The van der Waals surface area contributed by atoms with Gasteiger partial charge in [-0.05, 0) is 19.3 Å². The van der Waals surface area contributed by atoms with E-state index in [-0.39, 0.29) is 18.9 Å². The van der Waals surface area contributed by atoms with Crippen molar-refractivity contribution in [1.82, 2.24) is 5.32 Å². The van der Waals surface area contributed by atoms with Crippen LogP contribution in [-0.2, 0) is 33.2 Å². The van der Waals surface area contributed by atoms with Crippen LogP contribution in [0, 0.1) is 0 Å². The molecule has 0 aliphatic carbocycles. The zero-order valence-electron chi connectivity index (χ0n) is 55.0. The quantitative estimate of drug-likeness (QED) is 0.0199. The van der Waals surface area contributed by atoms with Crippen molar-refractivity contribution in [3.05, 3.63) is 12.2 Å². The summed E-state index contributed by atoms with van der Waals surface area (Å²) in [6.07, 6.45) is 31.0. The lowest BCUT2D eigenvalue weighted by Crippen LogP contribution is -2.66. The number of nitrogens with one attached hydrogen (secondary N) is 1. The molecule has 19 heteroatoms. The molecule has 19 nitrogen and oxygen atoms in total. The van der Waals surface area contributed by atoms with Gasteiger partial charge in [0.2, 0.25) is 5.91 Å². The zero-order valence-corrected chi connectivity index (χ0v) is 55.0. The number of rotatable bonds is 56. The predicted octanol–water partition coefficient (Wildman–Crippen LogP) is 9.67. The van der Waals surface area contributed by atoms with Gasteiger partial charge in [0, 0.05) is 6.42 Å². The summed E-state index contributed by atoms with van der Waals surface area (Å²) >= 11 is 0. The van der Waals surface area contributed by atoms with Crippen molar-refractivity contribution in [2.24, 2.45) is 0 Å². The van der Waals surface area contributed by atoms with Gasteiger partial charge in [-0.25, -0.2) is 0 Å². The summed E-state index contributed by atoms with van der Waals surface area (Å²) in [6.45, 7) is 1.74. The van der Waals surface area contributed by atoms with Crippen LogP contribution in [-0.4, -0.2) is 193 Å². The van der Waals surface area contributed by atoms with Gasteiger partial charge < -0.3 is 89.9 Å². The first kappa shape index (κ1) is 80.8. The third-order valence-corrected chi connectivity index (χ3v) is 18.3. The lowest BCUT2D eigenvalue weighted by Gasteiger charge is -2.48. The zero-order chi connectivity index (χ0) is 64.0. The molecule has 520 valence electrons. The summed E-state index contributed by atoms with van der Waals surface area (Å²) in [4.78, 5) is 13.3. The molecule has 3 rings (SSSR count). The summed E-state index contributed by atoms with van der Waals surface area (Å²) in [7, 11) is 0. The molecule has 0 radical (unpaired) electrons. The predicted molar refractivity (Wildman–Crippen MR) is 342 cm³/mol. The van der Waals surface area contributed by atoms with E-state index < -0.39 is 124 Å². The third-order valence-electron chi connectivity index (χ3n) is 18.3. The Hall–Kier alpha value is -1.47. The van der Waals surface area contributed by atoms with Gasteiger partial charge in [0.1, 0.15) is 73.2 Å². The van der Waals surface area contributed by atoms with Crippen LogP contribution >= 0.6 is 0 Å². The van der Waals surface area contributed by atoms with E-state index in [0.29, 0.717) is 6.42 Å². The second-order valence-electron chi connectivity index (χ2n) is 26.1. The number of hydrogen-bond donors (Lipinski definition) is 12. The number of allylic oxidation sites excluding steroid dienone is 1. The number of carbonyl (C=O) groups is 1. The SMILES string of the molecule is CCCCCCCCCCCCCCCCCCCCCCCCCCCCCCCCC/C=C/C(O)C(COC1OC(CO)C(OC2OC(CO)C(OC3OC(CO)C(O)C(O)C3O)C(O)C2O)C(O)C1O)NC(=O)CCCCCCCCCCCC. The van der Waals surface area contributed by atoms with Crippen LogP contribution in [0.25, 0.3) is 0 Å². The van der Waals surface area contributed by atoms with Crippen molar-refractivity contribution in [1.29, 1.82) is 0 Å². The monoisotopic (exact) mass is 1260 g/mol. The van der Waals surface area contributed by atoms with Gasteiger partial charge in [0.25, 0.3) is 0 Å². The van der Waals surface area contributed by atoms with Crippen LogP contribution in [0.1, 0.15) is 290 Å². The Bertz CT molecular complexity index is 1650. The van der Waals surface area contributed by atoms with Gasteiger partial charge >= 0.3 is 0 Å². The smallest absolute Gasteiger partial charge is 0.220 e. The van der Waals surface area contributed by atoms with E-state index in [2.05, 4.69) is 19.2 Å². The van der Waals surface area contributed by atoms with Gasteiger partial charge in [0.05, 0.1) is 38.6 Å². The fraction of sp³-hybridized carbons (Fsp3) is 0.957. The van der Waals surface area contributed by atoms with E-state index in [0.717, 1.165) is 44.9 Å². The van der Waals surface area contributed by atoms with Crippen molar-refractivity contribution in [2.75, 3.05) is 26.4 Å². The maximum Gasteiger partial charge on any atom is 0.220 e. The first-order valence-electron chi connectivity index (χ1n) is 35.9. The summed E-state index contributed by atoms with van der Waals surface area (Å²) < 4.78 is 34.3. The Morgan fingerprint density at radius 2 is 0.705 bits per heavy atom. The minimum Gasteiger partial charge on any atom is -0.394 e. The lowest BCUT2D eigenvalue weighted by molar-refractivity contribution is -0.379. The lowest BCUT2D eigenvalue weighted by atomic mass is 9.96. The minimum atomic E-state index is -1.97. The van der Waals surface area contributed by atoms with Crippen molar-refractivity contribution in [3.8, 4) is 0 Å². The molecule has 0 bridgehead atoms. The average Bonchev–Trinajstić information content (AvgIpc) is 1.59. The van der Waals surface area contributed by atoms with E-state index in [9.17, 15) is 61.0 Å². The molecule has 0 spiro atoms. The molecule has 17 atom stereocenters. The molecule has 0 aromatic carbocycles. The molecule has 17 unspecified atom stereocenters. The van der Waals surface area contributed by atoms with E-state index in [1.54, 1.807) is 6.08 Å². The highest BCUT2D eigenvalue weighted by Crippen LogP contribution is 2.33. The Labute approximate surface area is 531 Å². The average molecular weight is 1260 g/mol. The van der Waals surface area contributed by atoms with Crippen molar-refractivity contribution < 1.29 is 89.4 Å². The van der Waals surface area contributed by atoms with Crippen LogP contribution in [0.5, 0.6) is 0 Å². The van der Waals surface area contributed by atoms with Crippen LogP contribution in [0.15, 0.2) is 12.2 Å². The van der Waals surface area contributed by atoms with Gasteiger partial charge in [0.15, 0.2) is 18.9 Å². The van der Waals surface area contributed by atoms with Gasteiger partial charge in [-0.1, -0.05) is 276 Å². The Balaban J connectivity index is 1.34. The van der Waals surface area contributed by atoms with Crippen molar-refractivity contribution in [3.63, 3.8) is 0 Å². The summed E-state index contributed by atoms with van der Waals surface area (Å²) in [5, 5.41) is 120. The Kier molecular flexibility index (Phi) is 47.6. The minimum absolute atomic E-state index is 0.248. The van der Waals surface area contributed by atoms with E-state index in [4.69, 9.17) is 28.4 Å². The van der Waals surface area contributed by atoms with Crippen LogP contribution in [0.3, 0.4) is 0 Å². The van der Waals surface area contributed by atoms with Crippen molar-refractivity contribution in [2.45, 2.75) is 394 Å². The first-order chi connectivity index (χ1) is 42.8. The highest BCUT2D eigenvalue weighted by atomic mass is 16.8. The number of aliphatic hydroxyl groups excluding tert-OH is 11. The number of ether oxygens (including phenoxy) is 6. The van der Waals surface area contributed by atoms with Crippen molar-refractivity contribution >= 4 is 5.91 Å². The molecule has 0 aromatic heterocycles. The maximum absolute atomic E-state index is 13.3. The van der Waals surface area contributed by atoms with Crippen LogP contribution in [0.4, 0.5) is 0 Å². The molecule has 0 aromatic rings. The first-order valence-corrected chi connectivity index (χ1v) is 35.9. The highest BCUT2D eigenvalue weighted by molar-refractivity contribution is 5.76. The number of carbonyl (C=O) groups excluding carboxylic acids is 1. The van der Waals surface area contributed by atoms with Gasteiger partial charge in [-0.2, -0.15) is 0 Å². The molecule has 0 saturated carbocycles. The summed E-state index contributed by atoms with van der Waals surface area (Å²) in [5.41, 5.74) is 0. The molecule has 12 N–H and O–H groups in total.